The maximum Gasteiger partial charge on any atom is -0.0412 e. The lowest BCUT2D eigenvalue weighted by molar-refractivity contribution is 0.475. The normalized spacial score (nSPS) is 14.6. The lowest BCUT2D eigenvalue weighted by atomic mass is 9.97. The van der Waals surface area contributed by atoms with Crippen LogP contribution in [0.5, 0.6) is 0 Å². The Balaban J connectivity index is 3.10. The SMILES string of the molecule is [CH2]CC([CH2])CC(C)C. The Bertz CT molecular complexity index is 46.0. The van der Waals surface area contributed by atoms with Gasteiger partial charge in [0.05, 0.1) is 0 Å². The van der Waals surface area contributed by atoms with E-state index in [9.17, 15) is 0 Å². The van der Waals surface area contributed by atoms with Gasteiger partial charge in [-0.2, -0.15) is 0 Å². The molecular formula is C8H16. The van der Waals surface area contributed by atoms with E-state index in [0.717, 1.165) is 12.3 Å². The van der Waals surface area contributed by atoms with Gasteiger partial charge in [-0.1, -0.05) is 34.1 Å². The number of hydrogen-bond acceptors (Lipinski definition) is 0. The summed E-state index contributed by atoms with van der Waals surface area (Å²) in [6.45, 7) is 12.1. The molecule has 0 aliphatic carbocycles. The monoisotopic (exact) mass is 112 g/mol. The fourth-order valence-corrected chi connectivity index (χ4v) is 0.785. The third-order valence-electron chi connectivity index (χ3n) is 1.21. The van der Waals surface area contributed by atoms with Crippen LogP contribution in [0.3, 0.4) is 0 Å². The summed E-state index contributed by atoms with van der Waals surface area (Å²) in [4.78, 5) is 0. The molecule has 0 saturated carbocycles. The number of hydrogen-bond donors (Lipinski definition) is 0. The highest BCUT2D eigenvalue weighted by molar-refractivity contribution is 4.63. The van der Waals surface area contributed by atoms with Crippen molar-refractivity contribution in [2.75, 3.05) is 0 Å². The molecule has 0 aromatic heterocycles. The average Bonchev–Trinajstić information content (AvgIpc) is 1.65. The molecule has 48 valence electrons. The number of rotatable bonds is 3. The molecule has 0 aliphatic rings. The highest BCUT2D eigenvalue weighted by Gasteiger charge is 2.00. The van der Waals surface area contributed by atoms with Crippen molar-refractivity contribution in [2.24, 2.45) is 11.8 Å². The molecule has 0 heteroatoms. The van der Waals surface area contributed by atoms with Gasteiger partial charge < -0.3 is 0 Å². The summed E-state index contributed by atoms with van der Waals surface area (Å²) in [7, 11) is 0. The lowest BCUT2D eigenvalue weighted by Crippen LogP contribution is -1.97. The Morgan fingerprint density at radius 2 is 1.88 bits per heavy atom. The highest BCUT2D eigenvalue weighted by Crippen LogP contribution is 2.12. The van der Waals surface area contributed by atoms with Crippen LogP contribution in [-0.2, 0) is 0 Å². The van der Waals surface area contributed by atoms with Crippen molar-refractivity contribution in [1.82, 2.24) is 0 Å². The van der Waals surface area contributed by atoms with E-state index in [1.54, 1.807) is 0 Å². The van der Waals surface area contributed by atoms with Crippen molar-refractivity contribution in [3.8, 4) is 0 Å². The molecule has 0 fully saturated rings. The molecule has 0 spiro atoms. The van der Waals surface area contributed by atoms with E-state index >= 15 is 0 Å². The van der Waals surface area contributed by atoms with Crippen LogP contribution in [0.25, 0.3) is 0 Å². The molecule has 0 N–H and O–H groups in total. The summed E-state index contributed by atoms with van der Waals surface area (Å²) in [6.07, 6.45) is 2.18. The van der Waals surface area contributed by atoms with Crippen LogP contribution in [0.1, 0.15) is 26.7 Å². The smallest absolute Gasteiger partial charge is 0.0412 e. The first-order valence-electron chi connectivity index (χ1n) is 3.29. The molecule has 0 amide bonds. The van der Waals surface area contributed by atoms with Crippen molar-refractivity contribution in [3.05, 3.63) is 13.8 Å². The molecule has 0 heterocycles. The van der Waals surface area contributed by atoms with Gasteiger partial charge in [-0.3, -0.25) is 0 Å². The second-order valence-electron chi connectivity index (χ2n) is 2.78. The van der Waals surface area contributed by atoms with Crippen LogP contribution in [0.15, 0.2) is 0 Å². The van der Waals surface area contributed by atoms with E-state index in [-0.39, 0.29) is 0 Å². The molecule has 0 nitrogen and oxygen atoms in total. The van der Waals surface area contributed by atoms with Crippen LogP contribution in [0.2, 0.25) is 0 Å². The second kappa shape index (κ2) is 3.94. The third kappa shape index (κ3) is 4.17. The van der Waals surface area contributed by atoms with Crippen LogP contribution in [0, 0.1) is 25.7 Å². The fourth-order valence-electron chi connectivity index (χ4n) is 0.785. The van der Waals surface area contributed by atoms with Crippen molar-refractivity contribution in [3.63, 3.8) is 0 Å². The Morgan fingerprint density at radius 1 is 1.38 bits per heavy atom. The van der Waals surface area contributed by atoms with E-state index in [0.29, 0.717) is 5.92 Å². The second-order valence-corrected chi connectivity index (χ2v) is 2.78. The minimum Gasteiger partial charge on any atom is -0.0628 e. The standard InChI is InChI=1S/C8H16/c1-5-8(4)6-7(2)3/h7-8H,1,4-6H2,2-3H3. The molecule has 0 rings (SSSR count). The molecular weight excluding hydrogens is 96.1 g/mol. The molecule has 0 aromatic rings. The summed E-state index contributed by atoms with van der Waals surface area (Å²) >= 11 is 0. The minimum absolute atomic E-state index is 0.565. The van der Waals surface area contributed by atoms with E-state index in [1.807, 2.05) is 0 Å². The summed E-state index contributed by atoms with van der Waals surface area (Å²) in [6, 6.07) is 0. The van der Waals surface area contributed by atoms with Crippen molar-refractivity contribution < 1.29 is 0 Å². The largest absolute Gasteiger partial charge is 0.0628 e. The molecule has 0 bridgehead atoms. The highest BCUT2D eigenvalue weighted by atomic mass is 14.1. The van der Waals surface area contributed by atoms with E-state index < -0.39 is 0 Å². The fraction of sp³-hybridized carbons (Fsp3) is 0.750. The first-order chi connectivity index (χ1) is 3.66. The summed E-state index contributed by atoms with van der Waals surface area (Å²) in [5.41, 5.74) is 0. The summed E-state index contributed by atoms with van der Waals surface area (Å²) in [5.74, 6) is 1.34. The lowest BCUT2D eigenvalue weighted by Gasteiger charge is -2.09. The zero-order chi connectivity index (χ0) is 6.57. The quantitative estimate of drug-likeness (QED) is 0.526. The Morgan fingerprint density at radius 3 is 2.00 bits per heavy atom. The maximum atomic E-state index is 3.93. The topological polar surface area (TPSA) is 0 Å². The van der Waals surface area contributed by atoms with Gasteiger partial charge in [0, 0.05) is 0 Å². The first kappa shape index (κ1) is 8.00. The van der Waals surface area contributed by atoms with Crippen molar-refractivity contribution in [2.45, 2.75) is 26.7 Å². The van der Waals surface area contributed by atoms with Crippen molar-refractivity contribution >= 4 is 0 Å². The van der Waals surface area contributed by atoms with Gasteiger partial charge in [0.15, 0.2) is 0 Å². The van der Waals surface area contributed by atoms with Gasteiger partial charge in [-0.15, -0.1) is 0 Å². The predicted octanol–water partition coefficient (Wildman–Crippen LogP) is 2.71. The van der Waals surface area contributed by atoms with E-state index in [2.05, 4.69) is 27.7 Å². The molecule has 8 heavy (non-hydrogen) atoms. The van der Waals surface area contributed by atoms with Crippen molar-refractivity contribution in [1.29, 1.82) is 0 Å². The Kier molecular flexibility index (Phi) is 3.94. The Hall–Kier alpha value is 0. The first-order valence-corrected chi connectivity index (χ1v) is 3.29. The van der Waals surface area contributed by atoms with Gasteiger partial charge >= 0.3 is 0 Å². The maximum absolute atomic E-state index is 3.93. The predicted molar refractivity (Wildman–Crippen MR) is 38.3 cm³/mol. The molecule has 1 unspecified atom stereocenters. The van der Waals surface area contributed by atoms with Crippen LogP contribution in [-0.4, -0.2) is 0 Å². The zero-order valence-electron chi connectivity index (χ0n) is 5.98. The van der Waals surface area contributed by atoms with Crippen LogP contribution < -0.4 is 0 Å². The molecule has 0 aromatic carbocycles. The molecule has 1 atom stereocenters. The van der Waals surface area contributed by atoms with Crippen LogP contribution >= 0.6 is 0 Å². The zero-order valence-corrected chi connectivity index (χ0v) is 5.98. The van der Waals surface area contributed by atoms with Gasteiger partial charge in [0.2, 0.25) is 0 Å². The average molecular weight is 112 g/mol. The Labute approximate surface area is 53.3 Å². The third-order valence-corrected chi connectivity index (χ3v) is 1.21. The summed E-state index contributed by atoms with van der Waals surface area (Å²) in [5, 5.41) is 0. The van der Waals surface area contributed by atoms with E-state index in [4.69, 9.17) is 0 Å². The molecule has 2 radical (unpaired) electrons. The molecule has 0 aliphatic heterocycles. The van der Waals surface area contributed by atoms with Gasteiger partial charge in [0.25, 0.3) is 0 Å². The van der Waals surface area contributed by atoms with Gasteiger partial charge in [-0.05, 0) is 18.3 Å². The minimum atomic E-state index is 0.565. The van der Waals surface area contributed by atoms with Gasteiger partial charge in [-0.25, -0.2) is 0 Å². The van der Waals surface area contributed by atoms with E-state index in [1.165, 1.54) is 6.42 Å². The molecule has 0 saturated heterocycles. The van der Waals surface area contributed by atoms with Crippen LogP contribution in [0.4, 0.5) is 0 Å². The summed E-state index contributed by atoms with van der Waals surface area (Å²) < 4.78 is 0. The van der Waals surface area contributed by atoms with Gasteiger partial charge in [0.1, 0.15) is 0 Å².